The Labute approximate surface area is 130 Å². The molecule has 2 aromatic rings. The van der Waals surface area contributed by atoms with Crippen molar-refractivity contribution in [3.8, 4) is 0 Å². The molecule has 2 rings (SSSR count). The minimum atomic E-state index is -0.633. The summed E-state index contributed by atoms with van der Waals surface area (Å²) >= 11 is 0. The van der Waals surface area contributed by atoms with Crippen LogP contribution in [-0.4, -0.2) is 25.3 Å². The molecule has 0 aliphatic rings. The highest BCUT2D eigenvalue weighted by atomic mass is 16.6. The molecule has 0 saturated heterocycles. The van der Waals surface area contributed by atoms with E-state index in [2.05, 4.69) is 10.3 Å². The smallest absolute Gasteiger partial charge is 0.343 e. The van der Waals surface area contributed by atoms with Crippen LogP contribution in [-0.2, 0) is 11.3 Å². The van der Waals surface area contributed by atoms with Crippen molar-refractivity contribution >= 4 is 23.1 Å². The summed E-state index contributed by atoms with van der Waals surface area (Å²) in [4.78, 5) is 36.4. The number of hydrogen-bond acceptors (Lipinski definition) is 6. The number of aromatic nitrogens is 2. The van der Waals surface area contributed by atoms with Gasteiger partial charge in [0.25, 0.3) is 11.6 Å². The number of nitro groups is 2. The summed E-state index contributed by atoms with van der Waals surface area (Å²) < 4.78 is 1.15. The number of carbonyl (C=O) groups is 1. The number of aryl methyl sites for hydroxylation is 2. The molecule has 0 aliphatic heterocycles. The van der Waals surface area contributed by atoms with Gasteiger partial charge >= 0.3 is 5.82 Å². The molecule has 10 nitrogen and oxygen atoms in total. The molecule has 1 amide bonds. The highest BCUT2D eigenvalue weighted by molar-refractivity contribution is 5.91. The van der Waals surface area contributed by atoms with Gasteiger partial charge in [-0.1, -0.05) is 6.07 Å². The van der Waals surface area contributed by atoms with Gasteiger partial charge < -0.3 is 15.4 Å². The quantitative estimate of drug-likeness (QED) is 0.661. The fourth-order valence-corrected chi connectivity index (χ4v) is 1.99. The second-order valence-corrected chi connectivity index (χ2v) is 4.81. The van der Waals surface area contributed by atoms with Crippen molar-refractivity contribution in [1.29, 1.82) is 0 Å². The minimum Gasteiger partial charge on any atom is -0.358 e. The first-order valence-electron chi connectivity index (χ1n) is 6.51. The molecule has 1 aromatic carbocycles. The van der Waals surface area contributed by atoms with Crippen LogP contribution in [0.1, 0.15) is 11.4 Å². The molecule has 10 heteroatoms. The Morgan fingerprint density at radius 2 is 1.96 bits per heavy atom. The van der Waals surface area contributed by atoms with Gasteiger partial charge in [0.2, 0.25) is 0 Å². The lowest BCUT2D eigenvalue weighted by Gasteiger charge is -2.08. The average molecular weight is 319 g/mol. The van der Waals surface area contributed by atoms with Gasteiger partial charge in [-0.15, -0.1) is 0 Å². The summed E-state index contributed by atoms with van der Waals surface area (Å²) in [7, 11) is 0. The van der Waals surface area contributed by atoms with Crippen LogP contribution in [0, 0.1) is 34.1 Å². The van der Waals surface area contributed by atoms with Gasteiger partial charge in [0.15, 0.2) is 12.4 Å². The lowest BCUT2D eigenvalue weighted by atomic mass is 10.2. The molecule has 1 N–H and O–H groups in total. The van der Waals surface area contributed by atoms with Crippen molar-refractivity contribution in [1.82, 2.24) is 9.55 Å². The third kappa shape index (κ3) is 3.48. The third-order valence-corrected chi connectivity index (χ3v) is 3.23. The molecule has 1 heterocycles. The fraction of sp³-hybridized carbons (Fsp3) is 0.231. The van der Waals surface area contributed by atoms with Gasteiger partial charge in [-0.25, -0.2) is 9.55 Å². The van der Waals surface area contributed by atoms with Gasteiger partial charge in [-0.2, -0.15) is 0 Å². The van der Waals surface area contributed by atoms with Gasteiger partial charge in [-0.3, -0.25) is 14.9 Å². The van der Waals surface area contributed by atoms with E-state index in [9.17, 15) is 25.0 Å². The number of nitrogens with zero attached hydrogens (tertiary/aromatic N) is 4. The zero-order valence-corrected chi connectivity index (χ0v) is 12.3. The second-order valence-electron chi connectivity index (χ2n) is 4.81. The van der Waals surface area contributed by atoms with Gasteiger partial charge in [0.05, 0.1) is 10.6 Å². The number of hydrogen-bond donors (Lipinski definition) is 1. The third-order valence-electron chi connectivity index (χ3n) is 3.23. The molecule has 0 saturated carbocycles. The number of imidazole rings is 1. The van der Waals surface area contributed by atoms with E-state index >= 15 is 0 Å². The summed E-state index contributed by atoms with van der Waals surface area (Å²) in [6.07, 6.45) is 1.07. The molecule has 0 spiro atoms. The van der Waals surface area contributed by atoms with Crippen molar-refractivity contribution in [2.45, 2.75) is 20.4 Å². The normalized spacial score (nSPS) is 10.3. The number of carbonyl (C=O) groups excluding carboxylic acids is 1. The SMILES string of the molecule is Cc1ccc([N+](=O)[O-])cc1NC(=O)Cn1c([N+](=O)[O-])cnc1C. The van der Waals surface area contributed by atoms with E-state index in [0.29, 0.717) is 11.4 Å². The zero-order valence-electron chi connectivity index (χ0n) is 12.3. The van der Waals surface area contributed by atoms with E-state index in [1.165, 1.54) is 18.2 Å². The first-order chi connectivity index (χ1) is 10.8. The lowest BCUT2D eigenvalue weighted by Crippen LogP contribution is -2.21. The summed E-state index contributed by atoms with van der Waals surface area (Å²) in [6, 6.07) is 4.08. The number of benzene rings is 1. The van der Waals surface area contributed by atoms with Gasteiger partial charge in [0, 0.05) is 19.1 Å². The molecule has 1 aromatic heterocycles. The van der Waals surface area contributed by atoms with Crippen molar-refractivity contribution < 1.29 is 14.6 Å². The van der Waals surface area contributed by atoms with Crippen LogP contribution in [0.2, 0.25) is 0 Å². The van der Waals surface area contributed by atoms with Gasteiger partial charge in [-0.05, 0) is 17.4 Å². The number of nitro benzene ring substituents is 1. The van der Waals surface area contributed by atoms with Crippen molar-refractivity contribution in [2.75, 3.05) is 5.32 Å². The van der Waals surface area contributed by atoms with Crippen LogP contribution >= 0.6 is 0 Å². The highest BCUT2D eigenvalue weighted by Crippen LogP contribution is 2.22. The topological polar surface area (TPSA) is 133 Å². The summed E-state index contributed by atoms with van der Waals surface area (Å²) in [5.74, 6) is -0.520. The highest BCUT2D eigenvalue weighted by Gasteiger charge is 2.21. The number of amides is 1. The van der Waals surface area contributed by atoms with Crippen LogP contribution in [0.3, 0.4) is 0 Å². The summed E-state index contributed by atoms with van der Waals surface area (Å²) in [5.41, 5.74) is 0.765. The van der Waals surface area contributed by atoms with E-state index in [0.717, 1.165) is 10.8 Å². The van der Waals surface area contributed by atoms with Crippen molar-refractivity contribution in [3.63, 3.8) is 0 Å². The molecule has 0 unspecified atom stereocenters. The Kier molecular flexibility index (Phi) is 4.35. The predicted octanol–water partition coefficient (Wildman–Crippen LogP) is 1.96. The summed E-state index contributed by atoms with van der Waals surface area (Å²) in [5, 5.41) is 24.2. The number of rotatable bonds is 5. The van der Waals surface area contributed by atoms with Crippen LogP contribution in [0.15, 0.2) is 24.4 Å². The van der Waals surface area contributed by atoms with Crippen LogP contribution in [0.5, 0.6) is 0 Å². The standard InChI is InChI=1S/C13H13N5O5/c1-8-3-4-10(17(20)21)5-11(8)15-12(19)7-16-9(2)14-6-13(16)18(22)23/h3-6H,7H2,1-2H3,(H,15,19). The maximum absolute atomic E-state index is 12.1. The van der Waals surface area contributed by atoms with E-state index in [-0.39, 0.29) is 23.7 Å². The Hall–Kier alpha value is -3.30. The monoisotopic (exact) mass is 319 g/mol. The maximum Gasteiger partial charge on any atom is 0.343 e. The Bertz CT molecular complexity index is 798. The predicted molar refractivity (Wildman–Crippen MR) is 80.1 cm³/mol. The lowest BCUT2D eigenvalue weighted by molar-refractivity contribution is -0.392. The Morgan fingerprint density at radius 3 is 2.57 bits per heavy atom. The molecule has 0 aliphatic carbocycles. The Balaban J connectivity index is 2.21. The molecule has 0 radical (unpaired) electrons. The van der Waals surface area contributed by atoms with Crippen LogP contribution < -0.4 is 5.32 Å². The second kappa shape index (κ2) is 6.22. The minimum absolute atomic E-state index is 0.157. The van der Waals surface area contributed by atoms with E-state index in [4.69, 9.17) is 0 Å². The average Bonchev–Trinajstić information content (AvgIpc) is 2.82. The molecule has 0 bridgehead atoms. The molecular weight excluding hydrogens is 306 g/mol. The first-order valence-corrected chi connectivity index (χ1v) is 6.51. The largest absolute Gasteiger partial charge is 0.358 e. The van der Waals surface area contributed by atoms with Crippen molar-refractivity contribution in [2.24, 2.45) is 0 Å². The maximum atomic E-state index is 12.1. The van der Waals surface area contributed by atoms with Crippen molar-refractivity contribution in [3.05, 3.63) is 56.0 Å². The zero-order chi connectivity index (χ0) is 17.1. The summed E-state index contributed by atoms with van der Waals surface area (Å²) in [6.45, 7) is 2.91. The fourth-order valence-electron chi connectivity index (χ4n) is 1.99. The Morgan fingerprint density at radius 1 is 1.26 bits per heavy atom. The van der Waals surface area contributed by atoms with Crippen LogP contribution in [0.25, 0.3) is 0 Å². The van der Waals surface area contributed by atoms with Crippen LogP contribution in [0.4, 0.5) is 17.2 Å². The van der Waals surface area contributed by atoms with E-state index in [1.54, 1.807) is 13.8 Å². The number of nitrogens with one attached hydrogen (secondary N) is 1. The molecule has 0 atom stereocenters. The number of anilines is 1. The van der Waals surface area contributed by atoms with E-state index in [1.807, 2.05) is 0 Å². The van der Waals surface area contributed by atoms with E-state index < -0.39 is 15.8 Å². The van der Waals surface area contributed by atoms with Gasteiger partial charge in [0.1, 0.15) is 6.20 Å². The molecule has 0 fully saturated rings. The number of non-ortho nitro benzene ring substituents is 1. The molecular formula is C13H13N5O5. The molecule has 120 valence electrons. The first kappa shape index (κ1) is 16.1. The molecule has 23 heavy (non-hydrogen) atoms.